The highest BCUT2D eigenvalue weighted by Crippen LogP contribution is 2.12. The topological polar surface area (TPSA) is 32.5 Å². The zero-order valence-electron chi connectivity index (χ0n) is 10.5. The van der Waals surface area contributed by atoms with Crippen LogP contribution in [0.5, 0.6) is 0 Å². The van der Waals surface area contributed by atoms with Gasteiger partial charge in [-0.25, -0.2) is 0 Å². The number of piperazine rings is 1. The van der Waals surface area contributed by atoms with Crippen molar-refractivity contribution in [2.45, 2.75) is 32.2 Å². The second-order valence-electron chi connectivity index (χ2n) is 4.56. The molecular weight excluding hydrogens is 205 g/mol. The van der Waals surface area contributed by atoms with Crippen LogP contribution in [0.25, 0.3) is 0 Å². The first kappa shape index (κ1) is 13.9. The van der Waals surface area contributed by atoms with Crippen LogP contribution >= 0.6 is 0 Å². The van der Waals surface area contributed by atoms with Crippen LogP contribution in [-0.2, 0) is 0 Å². The van der Waals surface area contributed by atoms with Crippen LogP contribution in [0.2, 0.25) is 0 Å². The lowest BCUT2D eigenvalue weighted by molar-refractivity contribution is 0.0892. The first-order valence-corrected chi connectivity index (χ1v) is 6.54. The highest BCUT2D eigenvalue weighted by Gasteiger charge is 2.21. The number of halogens is 1. The van der Waals surface area contributed by atoms with E-state index in [1.807, 2.05) is 0 Å². The molecule has 1 heterocycles. The molecule has 0 aromatic heterocycles. The van der Waals surface area contributed by atoms with Crippen molar-refractivity contribution >= 4 is 0 Å². The van der Waals surface area contributed by atoms with Crippen LogP contribution in [0.3, 0.4) is 0 Å². The predicted octanol–water partition coefficient (Wildman–Crippen LogP) is 1.09. The summed E-state index contributed by atoms with van der Waals surface area (Å²) in [4.78, 5) is 4.91. The molecule has 2 N–H and O–H groups in total. The van der Waals surface area contributed by atoms with E-state index in [4.69, 9.17) is 5.73 Å². The van der Waals surface area contributed by atoms with E-state index in [2.05, 4.69) is 16.7 Å². The van der Waals surface area contributed by atoms with Gasteiger partial charge in [-0.3, -0.25) is 9.29 Å². The molecule has 96 valence electrons. The summed E-state index contributed by atoms with van der Waals surface area (Å²) in [6, 6.07) is 0.647. The quantitative estimate of drug-likeness (QED) is 0.712. The number of nitrogens with zero attached hydrogens (tertiary/aromatic N) is 2. The van der Waals surface area contributed by atoms with Crippen LogP contribution in [0, 0.1) is 0 Å². The molecule has 4 heteroatoms. The van der Waals surface area contributed by atoms with Gasteiger partial charge in [0.1, 0.15) is 0 Å². The SMILES string of the molecule is CCC(CCN)N1CCN(CCCF)CC1. The van der Waals surface area contributed by atoms with E-state index < -0.39 is 0 Å². The fourth-order valence-electron chi connectivity index (χ4n) is 2.47. The van der Waals surface area contributed by atoms with Gasteiger partial charge in [0.05, 0.1) is 6.67 Å². The summed E-state index contributed by atoms with van der Waals surface area (Å²) in [5, 5.41) is 0. The number of rotatable bonds is 7. The van der Waals surface area contributed by atoms with Crippen molar-refractivity contribution in [2.75, 3.05) is 45.9 Å². The maximum atomic E-state index is 12.1. The van der Waals surface area contributed by atoms with Gasteiger partial charge in [0.2, 0.25) is 0 Å². The lowest BCUT2D eigenvalue weighted by atomic mass is 10.1. The van der Waals surface area contributed by atoms with Gasteiger partial charge in [-0.15, -0.1) is 0 Å². The zero-order valence-corrected chi connectivity index (χ0v) is 10.5. The monoisotopic (exact) mass is 231 g/mol. The number of hydrogen-bond donors (Lipinski definition) is 1. The Kier molecular flexibility index (Phi) is 6.92. The van der Waals surface area contributed by atoms with E-state index in [0.717, 1.165) is 45.7 Å². The maximum Gasteiger partial charge on any atom is 0.0906 e. The molecule has 0 aliphatic carbocycles. The van der Waals surface area contributed by atoms with E-state index in [9.17, 15) is 4.39 Å². The van der Waals surface area contributed by atoms with Crippen LogP contribution < -0.4 is 5.73 Å². The molecule has 0 amide bonds. The minimum atomic E-state index is -0.190. The Labute approximate surface area is 98.8 Å². The van der Waals surface area contributed by atoms with Crippen LogP contribution in [0.15, 0.2) is 0 Å². The fourth-order valence-corrected chi connectivity index (χ4v) is 2.47. The molecule has 16 heavy (non-hydrogen) atoms. The second-order valence-corrected chi connectivity index (χ2v) is 4.56. The highest BCUT2D eigenvalue weighted by molar-refractivity contribution is 4.78. The Hall–Kier alpha value is -0.190. The minimum Gasteiger partial charge on any atom is -0.330 e. The summed E-state index contributed by atoms with van der Waals surface area (Å²) in [6.07, 6.45) is 2.96. The Balaban J connectivity index is 2.24. The highest BCUT2D eigenvalue weighted by atomic mass is 19.1. The van der Waals surface area contributed by atoms with Gasteiger partial charge >= 0.3 is 0 Å². The smallest absolute Gasteiger partial charge is 0.0906 e. The summed E-state index contributed by atoms with van der Waals surface area (Å²) < 4.78 is 12.1. The van der Waals surface area contributed by atoms with Gasteiger partial charge in [0.25, 0.3) is 0 Å². The molecule has 1 aliphatic heterocycles. The molecule has 1 saturated heterocycles. The third kappa shape index (κ3) is 4.36. The number of hydrogen-bond acceptors (Lipinski definition) is 3. The van der Waals surface area contributed by atoms with Gasteiger partial charge in [-0.05, 0) is 25.8 Å². The third-order valence-electron chi connectivity index (χ3n) is 3.50. The number of alkyl halides is 1. The minimum absolute atomic E-state index is 0.190. The average molecular weight is 231 g/mol. The van der Waals surface area contributed by atoms with Crippen LogP contribution in [-0.4, -0.2) is 61.8 Å². The molecule has 1 unspecified atom stereocenters. The fraction of sp³-hybridized carbons (Fsp3) is 1.00. The van der Waals surface area contributed by atoms with Gasteiger partial charge < -0.3 is 10.6 Å². The van der Waals surface area contributed by atoms with Crippen molar-refractivity contribution in [2.24, 2.45) is 5.73 Å². The Morgan fingerprint density at radius 1 is 1.25 bits per heavy atom. The van der Waals surface area contributed by atoms with Crippen molar-refractivity contribution in [1.82, 2.24) is 9.80 Å². The first-order chi connectivity index (χ1) is 7.81. The number of nitrogens with two attached hydrogens (primary N) is 1. The van der Waals surface area contributed by atoms with Crippen molar-refractivity contribution in [3.8, 4) is 0 Å². The summed E-state index contributed by atoms with van der Waals surface area (Å²) >= 11 is 0. The Morgan fingerprint density at radius 2 is 1.94 bits per heavy atom. The van der Waals surface area contributed by atoms with Crippen LogP contribution in [0.4, 0.5) is 4.39 Å². The summed E-state index contributed by atoms with van der Waals surface area (Å²) in [7, 11) is 0. The van der Waals surface area contributed by atoms with Gasteiger partial charge in [0, 0.05) is 38.8 Å². The molecule has 1 fully saturated rings. The molecule has 0 spiro atoms. The first-order valence-electron chi connectivity index (χ1n) is 6.54. The lowest BCUT2D eigenvalue weighted by Crippen LogP contribution is -2.50. The van der Waals surface area contributed by atoms with E-state index in [1.165, 1.54) is 6.42 Å². The van der Waals surface area contributed by atoms with E-state index >= 15 is 0 Å². The van der Waals surface area contributed by atoms with E-state index in [1.54, 1.807) is 0 Å². The molecule has 1 atom stereocenters. The predicted molar refractivity (Wildman–Crippen MR) is 66.4 cm³/mol. The Morgan fingerprint density at radius 3 is 2.44 bits per heavy atom. The average Bonchev–Trinajstić information content (AvgIpc) is 2.34. The molecule has 1 rings (SSSR count). The lowest BCUT2D eigenvalue weighted by Gasteiger charge is -2.39. The van der Waals surface area contributed by atoms with Crippen molar-refractivity contribution < 1.29 is 4.39 Å². The largest absolute Gasteiger partial charge is 0.330 e. The molecule has 0 bridgehead atoms. The van der Waals surface area contributed by atoms with E-state index in [0.29, 0.717) is 12.5 Å². The van der Waals surface area contributed by atoms with Crippen molar-refractivity contribution in [1.29, 1.82) is 0 Å². The van der Waals surface area contributed by atoms with Crippen molar-refractivity contribution in [3.63, 3.8) is 0 Å². The third-order valence-corrected chi connectivity index (χ3v) is 3.50. The van der Waals surface area contributed by atoms with Gasteiger partial charge in [0.15, 0.2) is 0 Å². The Bertz CT molecular complexity index is 170. The van der Waals surface area contributed by atoms with Crippen LogP contribution in [0.1, 0.15) is 26.2 Å². The zero-order chi connectivity index (χ0) is 11.8. The molecule has 1 aliphatic rings. The standard InChI is InChI=1S/C12H26FN3/c1-2-12(4-6-14)16-10-8-15(9-11-16)7-3-5-13/h12H,2-11,14H2,1H3. The summed E-state index contributed by atoms with van der Waals surface area (Å²) in [5.74, 6) is 0. The van der Waals surface area contributed by atoms with Gasteiger partial charge in [-0.1, -0.05) is 6.92 Å². The summed E-state index contributed by atoms with van der Waals surface area (Å²) in [5.41, 5.74) is 5.63. The summed E-state index contributed by atoms with van der Waals surface area (Å²) in [6.45, 7) is 8.14. The van der Waals surface area contributed by atoms with E-state index in [-0.39, 0.29) is 6.67 Å². The normalized spacial score (nSPS) is 21.2. The second kappa shape index (κ2) is 7.98. The molecule has 0 aromatic rings. The molecule has 3 nitrogen and oxygen atoms in total. The van der Waals surface area contributed by atoms with Crippen molar-refractivity contribution in [3.05, 3.63) is 0 Å². The molecule has 0 aromatic carbocycles. The molecule has 0 radical (unpaired) electrons. The molecule has 0 saturated carbocycles. The molecular formula is C12H26FN3. The maximum absolute atomic E-state index is 12.1. The van der Waals surface area contributed by atoms with Gasteiger partial charge in [-0.2, -0.15) is 0 Å².